The molecule has 0 aromatic carbocycles. The zero-order valence-electron chi connectivity index (χ0n) is 33.3. The molecule has 0 aromatic rings. The lowest BCUT2D eigenvalue weighted by Gasteiger charge is -2.21. The third kappa shape index (κ3) is 40.0. The smallest absolute Gasteiger partial charge is 0.267 e. The van der Waals surface area contributed by atoms with Crippen LogP contribution < -0.4 is 5.32 Å². The molecule has 0 spiro atoms. The van der Waals surface area contributed by atoms with Gasteiger partial charge < -0.3 is 10.4 Å². The molecular weight excluding hydrogens is 679 g/mol. The number of carbonyl (C=O) groups is 1. The molecule has 0 heterocycles. The Hall–Kier alpha value is -3.00. The Labute approximate surface area is 325 Å². The normalized spacial score (nSPS) is 14.4. The highest BCUT2D eigenvalue weighted by atomic mass is 32.2. The highest BCUT2D eigenvalue weighted by Crippen LogP contribution is 2.10. The molecule has 0 aliphatic heterocycles. The van der Waals surface area contributed by atoms with E-state index in [0.29, 0.717) is 12.8 Å². The molecule has 0 saturated carbocycles. The zero-order valence-corrected chi connectivity index (χ0v) is 34.2. The molecule has 0 aromatic heterocycles. The first-order chi connectivity index (χ1) is 25.8. The van der Waals surface area contributed by atoms with Gasteiger partial charge in [-0.15, -0.1) is 0 Å². The average molecular weight is 754 g/mol. The summed E-state index contributed by atoms with van der Waals surface area (Å²) in [5.74, 6) is -1.08. The van der Waals surface area contributed by atoms with Crippen LogP contribution in [0, 0.1) is 0 Å². The number of allylic oxidation sites excluding steroid dienone is 17. The van der Waals surface area contributed by atoms with Crippen molar-refractivity contribution in [2.75, 3.05) is 5.75 Å². The summed E-state index contributed by atoms with van der Waals surface area (Å²) in [5, 5.41) is 13.2. The Morgan fingerprint density at radius 3 is 1.42 bits per heavy atom. The topological polar surface area (TPSA) is 104 Å². The molecular formula is C46H75NO5S. The van der Waals surface area contributed by atoms with Gasteiger partial charge >= 0.3 is 0 Å². The summed E-state index contributed by atoms with van der Waals surface area (Å²) in [4.78, 5) is 12.5. The van der Waals surface area contributed by atoms with Gasteiger partial charge in [0.25, 0.3) is 10.1 Å². The average Bonchev–Trinajstić information content (AvgIpc) is 3.12. The van der Waals surface area contributed by atoms with E-state index < -0.39 is 28.0 Å². The van der Waals surface area contributed by atoms with Crippen molar-refractivity contribution < 1.29 is 22.9 Å². The number of aliphatic hydroxyl groups is 1. The highest BCUT2D eigenvalue weighted by Gasteiger charge is 2.24. The summed E-state index contributed by atoms with van der Waals surface area (Å²) in [5.41, 5.74) is 0. The van der Waals surface area contributed by atoms with Gasteiger partial charge in [-0.05, 0) is 96.3 Å². The number of aliphatic hydroxyl groups excluding tert-OH is 1. The van der Waals surface area contributed by atoms with Crippen LogP contribution in [0.5, 0.6) is 0 Å². The molecule has 6 nitrogen and oxygen atoms in total. The number of nitrogens with one attached hydrogen (secondary N) is 1. The van der Waals surface area contributed by atoms with Crippen molar-refractivity contribution in [1.29, 1.82) is 0 Å². The Morgan fingerprint density at radius 1 is 0.528 bits per heavy atom. The van der Waals surface area contributed by atoms with E-state index in [0.717, 1.165) is 77.0 Å². The summed E-state index contributed by atoms with van der Waals surface area (Å²) in [6.07, 6.45) is 59.3. The van der Waals surface area contributed by atoms with Crippen LogP contribution in [-0.2, 0) is 14.9 Å². The van der Waals surface area contributed by atoms with E-state index in [9.17, 15) is 22.9 Å². The molecule has 3 N–H and O–H groups in total. The van der Waals surface area contributed by atoms with Gasteiger partial charge in [-0.25, -0.2) is 0 Å². The second kappa shape index (κ2) is 38.7. The number of rotatable bonds is 35. The lowest BCUT2D eigenvalue weighted by molar-refractivity contribution is -0.122. The van der Waals surface area contributed by atoms with Gasteiger partial charge in [0, 0.05) is 6.42 Å². The van der Waals surface area contributed by atoms with Crippen LogP contribution >= 0.6 is 0 Å². The Balaban J connectivity index is 4.14. The fourth-order valence-corrected chi connectivity index (χ4v) is 6.10. The maximum Gasteiger partial charge on any atom is 0.267 e. The van der Waals surface area contributed by atoms with Crippen molar-refractivity contribution in [2.45, 2.75) is 167 Å². The number of unbranched alkanes of at least 4 members (excludes halogenated alkanes) is 11. The fourth-order valence-electron chi connectivity index (χ4n) is 5.36. The summed E-state index contributed by atoms with van der Waals surface area (Å²) >= 11 is 0. The van der Waals surface area contributed by atoms with Crippen molar-refractivity contribution in [3.05, 3.63) is 109 Å². The van der Waals surface area contributed by atoms with E-state index in [1.54, 1.807) is 6.08 Å². The van der Waals surface area contributed by atoms with Crippen LogP contribution in [0.1, 0.15) is 155 Å². The van der Waals surface area contributed by atoms with Crippen molar-refractivity contribution in [2.24, 2.45) is 0 Å². The number of amides is 1. The van der Waals surface area contributed by atoms with Crippen LogP contribution in [0.4, 0.5) is 0 Å². The summed E-state index contributed by atoms with van der Waals surface area (Å²) in [6.45, 7) is 4.39. The van der Waals surface area contributed by atoms with Crippen molar-refractivity contribution >= 4 is 16.0 Å². The van der Waals surface area contributed by atoms with E-state index in [2.05, 4.69) is 116 Å². The molecule has 0 saturated heterocycles. The third-order valence-electron chi connectivity index (χ3n) is 8.41. The van der Waals surface area contributed by atoms with Crippen LogP contribution in [-0.4, -0.2) is 41.9 Å². The molecule has 0 aliphatic carbocycles. The van der Waals surface area contributed by atoms with Gasteiger partial charge in [0.15, 0.2) is 0 Å². The summed E-state index contributed by atoms with van der Waals surface area (Å²) in [7, 11) is -4.38. The van der Waals surface area contributed by atoms with Gasteiger partial charge in [-0.3, -0.25) is 9.35 Å². The van der Waals surface area contributed by atoms with E-state index in [4.69, 9.17) is 0 Å². The largest absolute Gasteiger partial charge is 0.387 e. The first kappa shape index (κ1) is 50.0. The molecule has 0 fully saturated rings. The molecule has 0 bridgehead atoms. The molecule has 2 unspecified atom stereocenters. The first-order valence-corrected chi connectivity index (χ1v) is 22.2. The maximum absolute atomic E-state index is 12.5. The van der Waals surface area contributed by atoms with Crippen LogP contribution in [0.2, 0.25) is 0 Å². The lowest BCUT2D eigenvalue weighted by Crippen LogP contribution is -2.46. The molecule has 300 valence electrons. The number of carbonyl (C=O) groups excluding carboxylic acids is 1. The monoisotopic (exact) mass is 754 g/mol. The van der Waals surface area contributed by atoms with Crippen molar-refractivity contribution in [1.82, 2.24) is 5.32 Å². The SMILES string of the molecule is CC/C=C\C/C=C\C/C=C\C/C=C\C/C=C\C/C=C\CCCCC(=O)NC(CS(=O)(=O)O)C(O)/C=C/CC/C=C/CC/C=C/CCCCCCCCC. The van der Waals surface area contributed by atoms with E-state index in [1.807, 2.05) is 0 Å². The first-order valence-electron chi connectivity index (χ1n) is 20.6. The summed E-state index contributed by atoms with van der Waals surface area (Å²) in [6, 6.07) is -1.11. The molecule has 0 radical (unpaired) electrons. The van der Waals surface area contributed by atoms with Gasteiger partial charge in [-0.2, -0.15) is 8.42 Å². The molecule has 1 amide bonds. The van der Waals surface area contributed by atoms with E-state index in [-0.39, 0.29) is 12.3 Å². The molecule has 2 atom stereocenters. The predicted octanol–water partition coefficient (Wildman–Crippen LogP) is 12.3. The van der Waals surface area contributed by atoms with Gasteiger partial charge in [0.2, 0.25) is 5.91 Å². The highest BCUT2D eigenvalue weighted by molar-refractivity contribution is 7.85. The van der Waals surface area contributed by atoms with Crippen molar-refractivity contribution in [3.8, 4) is 0 Å². The van der Waals surface area contributed by atoms with E-state index in [1.165, 1.54) is 51.0 Å². The lowest BCUT2D eigenvalue weighted by atomic mass is 10.1. The summed E-state index contributed by atoms with van der Waals surface area (Å²) < 4.78 is 32.5. The Kier molecular flexibility index (Phi) is 36.5. The third-order valence-corrected chi connectivity index (χ3v) is 9.19. The second-order valence-electron chi connectivity index (χ2n) is 13.5. The Bertz CT molecular complexity index is 1240. The van der Waals surface area contributed by atoms with Gasteiger partial charge in [0.1, 0.15) is 0 Å². The number of hydrogen-bond acceptors (Lipinski definition) is 4. The van der Waals surface area contributed by atoms with Crippen molar-refractivity contribution in [3.63, 3.8) is 0 Å². The quantitative estimate of drug-likeness (QED) is 0.0340. The standard InChI is InChI=1S/C46H75NO5S/c1-3-5-7-9-11-13-15-17-19-21-22-23-24-26-28-30-32-34-36-38-40-42-46(49)47-44(43-53(50,51)52)45(48)41-39-37-35-33-31-29-27-25-20-18-16-14-12-10-8-6-4-2/h5,7,11,13,17,19-20,22-23,25-26,28,31-34,39,41,44-45,48H,3-4,6,8-10,12,14-16,18,21,24,27,29-30,35-38,40,42-43H2,1-2H3,(H,47,49)(H,50,51,52)/b7-5-,13-11-,19-17-,23-22-,25-20+,28-26-,33-31+,34-32-,41-39+. The van der Waals surface area contributed by atoms with Crippen LogP contribution in [0.15, 0.2) is 109 Å². The molecule has 7 heteroatoms. The zero-order chi connectivity index (χ0) is 38.9. The van der Waals surface area contributed by atoms with Gasteiger partial charge in [0.05, 0.1) is 17.9 Å². The van der Waals surface area contributed by atoms with Gasteiger partial charge in [-0.1, -0.05) is 162 Å². The minimum absolute atomic E-state index is 0.222. The fraction of sp³-hybridized carbons (Fsp3) is 0.587. The van der Waals surface area contributed by atoms with E-state index >= 15 is 0 Å². The molecule has 53 heavy (non-hydrogen) atoms. The maximum atomic E-state index is 12.5. The number of hydrogen-bond donors (Lipinski definition) is 3. The minimum atomic E-state index is -4.38. The second-order valence-corrected chi connectivity index (χ2v) is 15.0. The van der Waals surface area contributed by atoms with Crippen LogP contribution in [0.3, 0.4) is 0 Å². The molecule has 0 aliphatic rings. The Morgan fingerprint density at radius 2 is 0.925 bits per heavy atom. The predicted molar refractivity (Wildman–Crippen MR) is 230 cm³/mol. The molecule has 0 rings (SSSR count). The van der Waals surface area contributed by atoms with Crippen LogP contribution in [0.25, 0.3) is 0 Å². The minimum Gasteiger partial charge on any atom is -0.387 e.